The van der Waals surface area contributed by atoms with Crippen molar-refractivity contribution in [2.45, 2.75) is 57.5 Å². The van der Waals surface area contributed by atoms with Gasteiger partial charge in [-0.05, 0) is 26.3 Å². The molecule has 0 bridgehead atoms. The van der Waals surface area contributed by atoms with Gasteiger partial charge in [0.2, 0.25) is 5.91 Å². The summed E-state index contributed by atoms with van der Waals surface area (Å²) in [5.74, 6) is 1.60. The minimum Gasteiger partial charge on any atom is -0.368 e. The highest BCUT2D eigenvalue weighted by Gasteiger charge is 2.44. The Morgan fingerprint density at radius 1 is 1.53 bits per heavy atom. The van der Waals surface area contributed by atoms with Crippen molar-refractivity contribution in [1.29, 1.82) is 0 Å². The van der Waals surface area contributed by atoms with Crippen LogP contribution in [0.4, 0.5) is 0 Å². The number of rotatable bonds is 5. The van der Waals surface area contributed by atoms with E-state index in [0.717, 1.165) is 37.3 Å². The second kappa shape index (κ2) is 5.28. The van der Waals surface area contributed by atoms with E-state index in [0.29, 0.717) is 6.42 Å². The number of aromatic nitrogens is 3. The molecule has 106 valence electrons. The number of nitrogens with one attached hydrogen (secondary N) is 1. The lowest BCUT2D eigenvalue weighted by Crippen LogP contribution is -2.52. The molecular formula is C13H23N5O. The first kappa shape index (κ1) is 14.0. The van der Waals surface area contributed by atoms with Gasteiger partial charge in [0.15, 0.2) is 5.82 Å². The summed E-state index contributed by atoms with van der Waals surface area (Å²) >= 11 is 0. The van der Waals surface area contributed by atoms with Crippen molar-refractivity contribution >= 4 is 5.91 Å². The Morgan fingerprint density at radius 3 is 2.74 bits per heavy atom. The molecule has 2 atom stereocenters. The third-order valence-electron chi connectivity index (χ3n) is 4.16. The van der Waals surface area contributed by atoms with Crippen molar-refractivity contribution < 1.29 is 4.79 Å². The summed E-state index contributed by atoms with van der Waals surface area (Å²) in [6.45, 7) is 4.13. The van der Waals surface area contributed by atoms with Crippen molar-refractivity contribution in [3.8, 4) is 0 Å². The lowest BCUT2D eigenvalue weighted by atomic mass is 9.97. The van der Waals surface area contributed by atoms with Gasteiger partial charge in [-0.2, -0.15) is 5.10 Å². The lowest BCUT2D eigenvalue weighted by molar-refractivity contribution is -0.124. The number of hydrogen-bond donors (Lipinski definition) is 2. The molecule has 19 heavy (non-hydrogen) atoms. The molecule has 2 rings (SSSR count). The van der Waals surface area contributed by atoms with Crippen LogP contribution in [0, 0.1) is 0 Å². The van der Waals surface area contributed by atoms with Gasteiger partial charge in [-0.3, -0.25) is 4.79 Å². The highest BCUT2D eigenvalue weighted by Crippen LogP contribution is 2.37. The SMILES string of the molecule is CCc1nc(CC)n(C2CCC(NC)(C(N)=O)C2)n1. The van der Waals surface area contributed by atoms with Crippen molar-refractivity contribution in [2.24, 2.45) is 5.73 Å². The van der Waals surface area contributed by atoms with E-state index in [1.54, 1.807) is 7.05 Å². The molecule has 1 amide bonds. The van der Waals surface area contributed by atoms with Crippen molar-refractivity contribution in [1.82, 2.24) is 20.1 Å². The maximum absolute atomic E-state index is 11.7. The number of aryl methyl sites for hydroxylation is 2. The molecule has 2 unspecified atom stereocenters. The average Bonchev–Trinajstić information content (AvgIpc) is 3.02. The van der Waals surface area contributed by atoms with Crippen LogP contribution in [0.5, 0.6) is 0 Å². The first-order chi connectivity index (χ1) is 9.06. The Labute approximate surface area is 113 Å². The van der Waals surface area contributed by atoms with E-state index in [1.807, 2.05) is 4.68 Å². The number of carbonyl (C=O) groups is 1. The predicted molar refractivity (Wildman–Crippen MR) is 72.7 cm³/mol. The quantitative estimate of drug-likeness (QED) is 0.815. The number of nitrogens with zero attached hydrogens (tertiary/aromatic N) is 3. The van der Waals surface area contributed by atoms with Crippen LogP contribution < -0.4 is 11.1 Å². The lowest BCUT2D eigenvalue weighted by Gasteiger charge is -2.25. The predicted octanol–water partition coefficient (Wildman–Crippen LogP) is 0.571. The molecule has 1 aliphatic rings. The average molecular weight is 265 g/mol. The normalized spacial score (nSPS) is 26.8. The largest absolute Gasteiger partial charge is 0.368 e. The number of likely N-dealkylation sites (N-methyl/N-ethyl adjacent to an activating group) is 1. The minimum atomic E-state index is -0.589. The first-order valence-corrected chi connectivity index (χ1v) is 6.99. The summed E-state index contributed by atoms with van der Waals surface area (Å²) in [5, 5.41) is 7.67. The molecule has 1 heterocycles. The minimum absolute atomic E-state index is 0.211. The Bertz CT molecular complexity index is 470. The molecule has 0 saturated heterocycles. The molecule has 1 fully saturated rings. The van der Waals surface area contributed by atoms with Crippen LogP contribution in [-0.2, 0) is 17.6 Å². The highest BCUT2D eigenvalue weighted by molar-refractivity contribution is 5.85. The van der Waals surface area contributed by atoms with Gasteiger partial charge in [-0.25, -0.2) is 9.67 Å². The van der Waals surface area contributed by atoms with Crippen LogP contribution >= 0.6 is 0 Å². The van der Waals surface area contributed by atoms with Crippen molar-refractivity contribution in [2.75, 3.05) is 7.05 Å². The van der Waals surface area contributed by atoms with Gasteiger partial charge in [0, 0.05) is 12.8 Å². The summed E-state index contributed by atoms with van der Waals surface area (Å²) in [5.41, 5.74) is 4.95. The van der Waals surface area contributed by atoms with Gasteiger partial charge < -0.3 is 11.1 Å². The van der Waals surface area contributed by atoms with Gasteiger partial charge in [-0.1, -0.05) is 13.8 Å². The van der Waals surface area contributed by atoms with Gasteiger partial charge in [0.25, 0.3) is 0 Å². The summed E-state index contributed by atoms with van der Waals surface area (Å²) in [4.78, 5) is 16.2. The van der Waals surface area contributed by atoms with E-state index in [1.165, 1.54) is 0 Å². The third-order valence-corrected chi connectivity index (χ3v) is 4.16. The van der Waals surface area contributed by atoms with Crippen LogP contribution in [0.1, 0.15) is 50.8 Å². The number of hydrogen-bond acceptors (Lipinski definition) is 4. The standard InChI is InChI=1S/C13H23N5O/c1-4-10-16-11(5-2)18(17-10)9-6-7-13(8-9,15-3)12(14)19/h9,15H,4-8H2,1-3H3,(H2,14,19). The molecular weight excluding hydrogens is 242 g/mol. The van der Waals surface area contributed by atoms with Crippen LogP contribution in [0.25, 0.3) is 0 Å². The highest BCUT2D eigenvalue weighted by atomic mass is 16.1. The topological polar surface area (TPSA) is 85.8 Å². The third kappa shape index (κ3) is 2.36. The van der Waals surface area contributed by atoms with Gasteiger partial charge in [0.05, 0.1) is 11.6 Å². The summed E-state index contributed by atoms with van der Waals surface area (Å²) in [7, 11) is 1.80. The van der Waals surface area contributed by atoms with Gasteiger partial charge >= 0.3 is 0 Å². The molecule has 1 aromatic heterocycles. The van der Waals surface area contributed by atoms with E-state index in [4.69, 9.17) is 5.73 Å². The van der Waals surface area contributed by atoms with Gasteiger partial charge in [0.1, 0.15) is 5.82 Å². The van der Waals surface area contributed by atoms with Crippen molar-refractivity contribution in [3.05, 3.63) is 11.6 Å². The molecule has 0 aromatic carbocycles. The van der Waals surface area contributed by atoms with Crippen LogP contribution in [-0.4, -0.2) is 33.3 Å². The second-order valence-corrected chi connectivity index (χ2v) is 5.19. The van der Waals surface area contributed by atoms with Crippen LogP contribution in [0.2, 0.25) is 0 Å². The second-order valence-electron chi connectivity index (χ2n) is 5.19. The molecule has 0 aliphatic heterocycles. The number of primary amides is 1. The fourth-order valence-corrected chi connectivity index (χ4v) is 2.89. The first-order valence-electron chi connectivity index (χ1n) is 6.99. The van der Waals surface area contributed by atoms with Crippen LogP contribution in [0.15, 0.2) is 0 Å². The zero-order valence-electron chi connectivity index (χ0n) is 11.9. The number of carbonyl (C=O) groups excluding carboxylic acids is 1. The van der Waals surface area contributed by atoms with E-state index >= 15 is 0 Å². The Balaban J connectivity index is 2.25. The maximum atomic E-state index is 11.7. The van der Waals surface area contributed by atoms with Gasteiger partial charge in [-0.15, -0.1) is 0 Å². The number of nitrogens with two attached hydrogens (primary N) is 1. The smallest absolute Gasteiger partial charge is 0.237 e. The molecule has 1 saturated carbocycles. The van der Waals surface area contributed by atoms with E-state index in [-0.39, 0.29) is 11.9 Å². The fraction of sp³-hybridized carbons (Fsp3) is 0.769. The summed E-state index contributed by atoms with van der Waals surface area (Å²) in [6, 6.07) is 0.211. The summed E-state index contributed by atoms with van der Waals surface area (Å²) < 4.78 is 2.00. The maximum Gasteiger partial charge on any atom is 0.237 e. The monoisotopic (exact) mass is 265 g/mol. The molecule has 1 aromatic rings. The molecule has 0 spiro atoms. The van der Waals surface area contributed by atoms with E-state index < -0.39 is 5.54 Å². The zero-order valence-corrected chi connectivity index (χ0v) is 11.9. The Hall–Kier alpha value is -1.43. The molecule has 0 radical (unpaired) electrons. The number of amides is 1. The molecule has 1 aliphatic carbocycles. The van der Waals surface area contributed by atoms with E-state index in [9.17, 15) is 4.79 Å². The zero-order chi connectivity index (χ0) is 14.0. The fourth-order valence-electron chi connectivity index (χ4n) is 2.89. The molecule has 3 N–H and O–H groups in total. The van der Waals surface area contributed by atoms with E-state index in [2.05, 4.69) is 29.2 Å². The molecule has 6 nitrogen and oxygen atoms in total. The van der Waals surface area contributed by atoms with Crippen LogP contribution in [0.3, 0.4) is 0 Å². The molecule has 6 heteroatoms. The van der Waals surface area contributed by atoms with Crippen molar-refractivity contribution in [3.63, 3.8) is 0 Å². The Kier molecular flexibility index (Phi) is 3.89. The summed E-state index contributed by atoms with van der Waals surface area (Å²) in [6.07, 6.45) is 4.04. The Morgan fingerprint density at radius 2 is 2.26 bits per heavy atom.